The average Bonchev–Trinajstić information content (AvgIpc) is 2.42. The van der Waals surface area contributed by atoms with Crippen molar-refractivity contribution in [2.45, 2.75) is 78.7 Å². The van der Waals surface area contributed by atoms with Gasteiger partial charge in [-0.15, -0.1) is 0 Å². The van der Waals surface area contributed by atoms with Crippen molar-refractivity contribution in [3.8, 4) is 11.5 Å². The van der Waals surface area contributed by atoms with Crippen molar-refractivity contribution in [2.24, 2.45) is 0 Å². The van der Waals surface area contributed by atoms with Gasteiger partial charge < -0.3 is 19.8 Å². The van der Waals surface area contributed by atoms with Crippen LogP contribution in [0.3, 0.4) is 0 Å². The Labute approximate surface area is 159 Å². The normalized spacial score (nSPS) is 12.2. The van der Waals surface area contributed by atoms with Gasteiger partial charge in [0.25, 0.3) is 0 Å². The minimum atomic E-state index is -0.333. The molecule has 0 bridgehead atoms. The molecular weight excluding hydrogens is 330 g/mol. The van der Waals surface area contributed by atoms with Gasteiger partial charge in [0.2, 0.25) is 0 Å². The third-order valence-corrected chi connectivity index (χ3v) is 3.76. The van der Waals surface area contributed by atoms with E-state index in [2.05, 4.69) is 48.3 Å². The molecule has 5 nitrogen and oxygen atoms in total. The summed E-state index contributed by atoms with van der Waals surface area (Å²) in [7, 11) is 1.61. The lowest BCUT2D eigenvalue weighted by Crippen LogP contribution is -2.26. The van der Waals surface area contributed by atoms with E-state index in [-0.39, 0.29) is 28.9 Å². The minimum Gasteiger partial charge on any atom is -0.624 e. The van der Waals surface area contributed by atoms with Crippen LogP contribution in [0.25, 0.3) is 0 Å². The van der Waals surface area contributed by atoms with Gasteiger partial charge in [-0.3, -0.25) is 0 Å². The minimum absolute atomic E-state index is 0.109. The Morgan fingerprint density at radius 1 is 0.962 bits per heavy atom. The van der Waals surface area contributed by atoms with Crippen molar-refractivity contribution >= 4 is 6.72 Å². The number of hydroxylamine groups is 1. The maximum atomic E-state index is 10.3. The lowest BCUT2D eigenvalue weighted by Gasteiger charge is -2.29. The van der Waals surface area contributed by atoms with Gasteiger partial charge >= 0.3 is 0 Å². The zero-order chi connectivity index (χ0) is 20.9. The summed E-state index contributed by atoms with van der Waals surface area (Å²) in [6, 6.07) is 3.56. The maximum absolute atomic E-state index is 10.3. The molecule has 0 unspecified atom stereocenters. The van der Waals surface area contributed by atoms with Gasteiger partial charge in [0.15, 0.2) is 12.3 Å². The molecule has 0 saturated carbocycles. The molecule has 0 radical (unpaired) electrons. The molecule has 1 aromatic carbocycles. The summed E-state index contributed by atoms with van der Waals surface area (Å²) >= 11 is 0. The van der Waals surface area contributed by atoms with Crippen LogP contribution >= 0.6 is 0 Å². The molecule has 0 aromatic heterocycles. The fourth-order valence-corrected chi connectivity index (χ4v) is 2.00. The summed E-state index contributed by atoms with van der Waals surface area (Å²) in [5.74, 6) is 1.10. The molecule has 0 fully saturated rings. The van der Waals surface area contributed by atoms with Crippen LogP contribution in [0.5, 0.6) is 11.5 Å². The van der Waals surface area contributed by atoms with Crippen LogP contribution in [0.15, 0.2) is 12.1 Å². The van der Waals surface area contributed by atoms with Crippen LogP contribution in [0.1, 0.15) is 73.4 Å². The predicted molar refractivity (Wildman–Crippen MR) is 109 cm³/mol. The van der Waals surface area contributed by atoms with Crippen molar-refractivity contribution < 1.29 is 19.3 Å². The summed E-state index contributed by atoms with van der Waals surface area (Å²) in [5.41, 5.74) is 1.44. The molecule has 26 heavy (non-hydrogen) atoms. The van der Waals surface area contributed by atoms with Gasteiger partial charge in [-0.1, -0.05) is 41.5 Å². The first-order valence-electron chi connectivity index (χ1n) is 8.79. The summed E-state index contributed by atoms with van der Waals surface area (Å²) in [5, 5.41) is 20.3. The highest BCUT2D eigenvalue weighted by molar-refractivity contribution is 5.52. The van der Waals surface area contributed by atoms with Gasteiger partial charge in [0.1, 0.15) is 18.2 Å². The zero-order valence-electron chi connectivity index (χ0n) is 18.2. The van der Waals surface area contributed by atoms with E-state index >= 15 is 0 Å². The number of phenols is 1. The summed E-state index contributed by atoms with van der Waals surface area (Å²) < 4.78 is 11.5. The summed E-state index contributed by atoms with van der Waals surface area (Å²) in [6.45, 7) is 21.5. The molecule has 150 valence electrons. The number of nitrogens with zero attached hydrogens (tertiary/aromatic N) is 1. The number of phenolic OH excluding ortho intramolecular Hbond substituents is 1. The molecular formula is C21H37NO4. The largest absolute Gasteiger partial charge is 0.624 e. The highest BCUT2D eigenvalue weighted by Gasteiger charge is 2.28. The Balaban J connectivity index is 0.000000758. The first kappa shape index (κ1) is 24.2. The number of aromatic hydroxyl groups is 1. The Morgan fingerprint density at radius 3 is 1.54 bits per heavy atom. The van der Waals surface area contributed by atoms with Crippen molar-refractivity contribution in [2.75, 3.05) is 13.9 Å². The Morgan fingerprint density at radius 2 is 1.31 bits per heavy atom. The molecule has 0 saturated heterocycles. The molecule has 1 N–H and O–H groups in total. The van der Waals surface area contributed by atoms with Crippen LogP contribution < -0.4 is 4.74 Å². The van der Waals surface area contributed by atoms with Crippen molar-refractivity contribution in [3.63, 3.8) is 0 Å². The number of rotatable bonds is 3. The van der Waals surface area contributed by atoms with E-state index in [1.165, 1.54) is 0 Å². The molecule has 0 aliphatic rings. The number of ether oxygens (including phenoxy) is 2. The molecule has 0 aliphatic carbocycles. The van der Waals surface area contributed by atoms with Gasteiger partial charge in [-0.05, 0) is 23.0 Å². The third-order valence-electron chi connectivity index (χ3n) is 3.76. The Hall–Kier alpha value is -1.75. The molecule has 0 amide bonds. The monoisotopic (exact) mass is 367 g/mol. The van der Waals surface area contributed by atoms with E-state index in [1.807, 2.05) is 20.8 Å². The number of hydrogen-bond acceptors (Lipinski definition) is 4. The first-order valence-corrected chi connectivity index (χ1v) is 8.79. The zero-order valence-corrected chi connectivity index (χ0v) is 18.2. The second kappa shape index (κ2) is 8.76. The highest BCUT2D eigenvalue weighted by Crippen LogP contribution is 2.42. The molecule has 5 heteroatoms. The van der Waals surface area contributed by atoms with Crippen LogP contribution in [0.2, 0.25) is 0 Å². The summed E-state index contributed by atoms with van der Waals surface area (Å²) in [4.78, 5) is 0. The van der Waals surface area contributed by atoms with E-state index in [9.17, 15) is 10.3 Å². The Kier molecular flexibility index (Phi) is 8.17. The second-order valence-corrected chi connectivity index (χ2v) is 9.47. The Bertz CT molecular complexity index is 567. The standard InChI is InChI=1S/C16H26O3.C5H11NO/c1-15(2,3)12-8-11(17)9-13(16(4,5)6)14(12)19-10-18-7;1-5(2,3)6(4)7/h8-9,17H,10H2,1-7H3;4H2,1-3H3. The van der Waals surface area contributed by atoms with Gasteiger partial charge in [-0.25, -0.2) is 4.74 Å². The topological polar surface area (TPSA) is 64.8 Å². The second-order valence-electron chi connectivity index (χ2n) is 9.47. The van der Waals surface area contributed by atoms with Crippen molar-refractivity contribution in [1.82, 2.24) is 0 Å². The molecule has 1 aromatic rings. The van der Waals surface area contributed by atoms with Crippen LogP contribution in [0.4, 0.5) is 0 Å². The van der Waals surface area contributed by atoms with Gasteiger partial charge in [0, 0.05) is 39.0 Å². The molecule has 0 spiro atoms. The van der Waals surface area contributed by atoms with Crippen LogP contribution in [0, 0.1) is 5.21 Å². The third kappa shape index (κ3) is 7.65. The lowest BCUT2D eigenvalue weighted by atomic mass is 9.79. The van der Waals surface area contributed by atoms with E-state index in [0.29, 0.717) is 4.74 Å². The summed E-state index contributed by atoms with van der Waals surface area (Å²) in [6.07, 6.45) is 0. The maximum Gasteiger partial charge on any atom is 0.188 e. The quantitative estimate of drug-likeness (QED) is 0.269. The van der Waals surface area contributed by atoms with Crippen molar-refractivity contribution in [1.29, 1.82) is 0 Å². The molecule has 1 rings (SSSR count). The number of benzene rings is 1. The number of methoxy groups -OCH3 is 1. The van der Waals surface area contributed by atoms with Gasteiger partial charge in [-0.2, -0.15) is 0 Å². The number of hydrogen-bond donors (Lipinski definition) is 1. The SMILES string of the molecule is C=[N+]([O-])C(C)(C)C.COCOc1c(C(C)(C)C)cc(O)cc1C(C)(C)C. The molecule has 0 atom stereocenters. The van der Waals surface area contributed by atoms with E-state index in [0.717, 1.165) is 16.9 Å². The fraction of sp³-hybridized carbons (Fsp3) is 0.667. The van der Waals surface area contributed by atoms with E-state index in [4.69, 9.17) is 9.47 Å². The molecule has 0 aliphatic heterocycles. The lowest BCUT2D eigenvalue weighted by molar-refractivity contribution is -0.527. The van der Waals surface area contributed by atoms with Gasteiger partial charge in [0.05, 0.1) is 0 Å². The van der Waals surface area contributed by atoms with Crippen molar-refractivity contribution in [3.05, 3.63) is 28.5 Å². The van der Waals surface area contributed by atoms with E-state index in [1.54, 1.807) is 19.2 Å². The van der Waals surface area contributed by atoms with Crippen LogP contribution in [-0.2, 0) is 15.6 Å². The smallest absolute Gasteiger partial charge is 0.188 e. The predicted octanol–water partition coefficient (Wildman–Crippen LogP) is 4.97. The van der Waals surface area contributed by atoms with Crippen LogP contribution in [-0.4, -0.2) is 36.0 Å². The van der Waals surface area contributed by atoms with E-state index < -0.39 is 0 Å². The molecule has 0 heterocycles. The average molecular weight is 368 g/mol. The highest BCUT2D eigenvalue weighted by atomic mass is 16.7. The first-order chi connectivity index (χ1) is 11.5. The fourth-order valence-electron chi connectivity index (χ4n) is 2.00.